The highest BCUT2D eigenvalue weighted by Gasteiger charge is 2.33. The van der Waals surface area contributed by atoms with Crippen LogP contribution in [0.4, 0.5) is 0 Å². The molecule has 0 saturated carbocycles. The lowest BCUT2D eigenvalue weighted by atomic mass is 9.90. The Morgan fingerprint density at radius 2 is 1.97 bits per heavy atom. The molecule has 6 heteroatoms. The van der Waals surface area contributed by atoms with Crippen molar-refractivity contribution in [2.24, 2.45) is 0 Å². The van der Waals surface area contributed by atoms with E-state index in [2.05, 4.69) is 11.1 Å². The fourth-order valence-corrected chi connectivity index (χ4v) is 4.10. The van der Waals surface area contributed by atoms with Crippen molar-refractivity contribution >= 4 is 10.8 Å². The average molecular weight is 426 g/mol. The predicted octanol–water partition coefficient (Wildman–Crippen LogP) is 4.94. The number of fused-ring (bicyclic) bond motifs is 1. The van der Waals surface area contributed by atoms with E-state index in [9.17, 15) is 10.4 Å². The third kappa shape index (κ3) is 3.96. The number of furan rings is 1. The lowest BCUT2D eigenvalue weighted by Crippen LogP contribution is -2.34. The van der Waals surface area contributed by atoms with Crippen molar-refractivity contribution in [3.05, 3.63) is 84.1 Å². The van der Waals surface area contributed by atoms with Crippen LogP contribution in [0.5, 0.6) is 5.75 Å². The maximum Gasteiger partial charge on any atom is 0.130 e. The topological polar surface area (TPSA) is 88.5 Å². The van der Waals surface area contributed by atoms with Crippen LogP contribution in [0, 0.1) is 11.3 Å². The molecule has 0 unspecified atom stereocenters. The largest absolute Gasteiger partial charge is 0.487 e. The molecule has 1 aliphatic rings. The van der Waals surface area contributed by atoms with Gasteiger partial charge in [0.15, 0.2) is 0 Å². The molecule has 160 valence electrons. The molecular weight excluding hydrogens is 404 g/mol. The summed E-state index contributed by atoms with van der Waals surface area (Å²) in [6, 6.07) is 19.3. The van der Waals surface area contributed by atoms with E-state index in [0.29, 0.717) is 43.1 Å². The Morgan fingerprint density at radius 3 is 2.75 bits per heavy atom. The summed E-state index contributed by atoms with van der Waals surface area (Å²) in [5, 5.41) is 22.3. The summed E-state index contributed by atoms with van der Waals surface area (Å²) in [5.41, 5.74) is 2.89. The Balaban J connectivity index is 1.40. The van der Waals surface area contributed by atoms with Crippen LogP contribution in [0.3, 0.4) is 0 Å². The van der Waals surface area contributed by atoms with Gasteiger partial charge in [-0.05, 0) is 58.8 Å². The second-order valence-corrected chi connectivity index (χ2v) is 7.98. The highest BCUT2D eigenvalue weighted by molar-refractivity contribution is 5.98. The molecule has 0 radical (unpaired) electrons. The minimum absolute atomic E-state index is 0.276. The van der Waals surface area contributed by atoms with Crippen LogP contribution in [0.2, 0.25) is 0 Å². The van der Waals surface area contributed by atoms with E-state index in [1.54, 1.807) is 12.5 Å². The van der Waals surface area contributed by atoms with E-state index in [1.165, 1.54) is 0 Å². The standard InChI is InChI=1S/C26H22N2O4/c27-15-18-12-20-14-22(4-5-23(20)24(13-18)19-6-9-31-16-19)32-17-21-2-1-3-25(28-21)26(29)7-10-30-11-8-26/h1-6,9,12-14,16,29H,7-8,10-11,17H2. The van der Waals surface area contributed by atoms with Gasteiger partial charge in [-0.3, -0.25) is 4.98 Å². The summed E-state index contributed by atoms with van der Waals surface area (Å²) < 4.78 is 16.6. The lowest BCUT2D eigenvalue weighted by Gasteiger charge is -2.31. The molecule has 0 spiro atoms. The number of hydrogen-bond acceptors (Lipinski definition) is 6. The molecule has 4 aromatic rings. The Kier molecular flexibility index (Phi) is 5.36. The minimum Gasteiger partial charge on any atom is -0.487 e. The molecule has 32 heavy (non-hydrogen) atoms. The minimum atomic E-state index is -0.950. The van der Waals surface area contributed by atoms with Crippen LogP contribution in [0.15, 0.2) is 71.5 Å². The number of ether oxygens (including phenoxy) is 2. The molecule has 1 aliphatic heterocycles. The Bertz CT molecular complexity index is 1290. The van der Waals surface area contributed by atoms with Gasteiger partial charge < -0.3 is 19.0 Å². The molecule has 0 bridgehead atoms. The van der Waals surface area contributed by atoms with Gasteiger partial charge in [0.25, 0.3) is 0 Å². The summed E-state index contributed by atoms with van der Waals surface area (Å²) in [7, 11) is 0. The Labute approximate surface area is 185 Å². The first kappa shape index (κ1) is 20.3. The highest BCUT2D eigenvalue weighted by Crippen LogP contribution is 2.33. The van der Waals surface area contributed by atoms with Crippen molar-refractivity contribution in [1.29, 1.82) is 5.26 Å². The first-order valence-corrected chi connectivity index (χ1v) is 10.5. The number of benzene rings is 2. The van der Waals surface area contributed by atoms with Crippen LogP contribution in [-0.2, 0) is 16.9 Å². The zero-order chi connectivity index (χ0) is 22.0. The molecular formula is C26H22N2O4. The van der Waals surface area contributed by atoms with Gasteiger partial charge in [0.1, 0.15) is 18.0 Å². The van der Waals surface area contributed by atoms with Crippen molar-refractivity contribution in [2.75, 3.05) is 13.2 Å². The van der Waals surface area contributed by atoms with Crippen molar-refractivity contribution in [3.63, 3.8) is 0 Å². The maximum absolute atomic E-state index is 10.9. The number of nitriles is 1. The molecule has 6 nitrogen and oxygen atoms in total. The average Bonchev–Trinajstić information content (AvgIpc) is 3.37. The van der Waals surface area contributed by atoms with Crippen LogP contribution < -0.4 is 4.74 Å². The second kappa shape index (κ2) is 8.46. The van der Waals surface area contributed by atoms with Crippen molar-refractivity contribution < 1.29 is 19.0 Å². The summed E-state index contributed by atoms with van der Waals surface area (Å²) >= 11 is 0. The second-order valence-electron chi connectivity index (χ2n) is 7.98. The number of rotatable bonds is 5. The zero-order valence-electron chi connectivity index (χ0n) is 17.5. The van der Waals surface area contributed by atoms with E-state index in [0.717, 1.165) is 27.6 Å². The van der Waals surface area contributed by atoms with Gasteiger partial charge in [-0.1, -0.05) is 12.1 Å². The number of nitrogens with zero attached hydrogens (tertiary/aromatic N) is 2. The van der Waals surface area contributed by atoms with E-state index in [4.69, 9.17) is 13.9 Å². The highest BCUT2D eigenvalue weighted by atomic mass is 16.5. The van der Waals surface area contributed by atoms with E-state index < -0.39 is 5.60 Å². The molecule has 1 saturated heterocycles. The van der Waals surface area contributed by atoms with Crippen LogP contribution in [0.25, 0.3) is 21.9 Å². The van der Waals surface area contributed by atoms with E-state index in [-0.39, 0.29) is 6.61 Å². The van der Waals surface area contributed by atoms with Crippen molar-refractivity contribution in [3.8, 4) is 22.9 Å². The van der Waals surface area contributed by atoms with Crippen molar-refractivity contribution in [2.45, 2.75) is 25.0 Å². The molecule has 0 aliphatic carbocycles. The first-order valence-electron chi connectivity index (χ1n) is 10.5. The lowest BCUT2D eigenvalue weighted by molar-refractivity contribution is -0.0706. The van der Waals surface area contributed by atoms with Gasteiger partial charge in [0.2, 0.25) is 0 Å². The van der Waals surface area contributed by atoms with Crippen LogP contribution in [-0.4, -0.2) is 23.3 Å². The summed E-state index contributed by atoms with van der Waals surface area (Å²) in [5.74, 6) is 0.683. The van der Waals surface area contributed by atoms with Gasteiger partial charge in [-0.2, -0.15) is 5.26 Å². The van der Waals surface area contributed by atoms with Crippen LogP contribution >= 0.6 is 0 Å². The summed E-state index contributed by atoms with van der Waals surface area (Å²) in [4.78, 5) is 4.64. The molecule has 0 amide bonds. The van der Waals surface area contributed by atoms with Crippen LogP contribution in [0.1, 0.15) is 29.8 Å². The van der Waals surface area contributed by atoms with Gasteiger partial charge in [-0.15, -0.1) is 0 Å². The van der Waals surface area contributed by atoms with E-state index in [1.807, 2.05) is 54.6 Å². The molecule has 2 aromatic heterocycles. The monoisotopic (exact) mass is 426 g/mol. The fourth-order valence-electron chi connectivity index (χ4n) is 4.10. The maximum atomic E-state index is 10.9. The normalized spacial score (nSPS) is 15.4. The predicted molar refractivity (Wildman–Crippen MR) is 119 cm³/mol. The zero-order valence-corrected chi connectivity index (χ0v) is 17.5. The molecule has 5 rings (SSSR count). The number of hydrogen-bond donors (Lipinski definition) is 1. The third-order valence-corrected chi connectivity index (χ3v) is 5.88. The molecule has 1 fully saturated rings. The van der Waals surface area contributed by atoms with Crippen molar-refractivity contribution in [1.82, 2.24) is 4.98 Å². The molecule has 1 N–H and O–H groups in total. The van der Waals surface area contributed by atoms with E-state index >= 15 is 0 Å². The SMILES string of the molecule is N#Cc1cc(-c2ccoc2)c2ccc(OCc3cccc(C4(O)CCOCC4)n3)cc2c1. The Morgan fingerprint density at radius 1 is 1.09 bits per heavy atom. The molecule has 2 aromatic carbocycles. The Hall–Kier alpha value is -3.66. The summed E-state index contributed by atoms with van der Waals surface area (Å²) in [6.45, 7) is 1.33. The third-order valence-electron chi connectivity index (χ3n) is 5.88. The smallest absolute Gasteiger partial charge is 0.130 e. The van der Waals surface area contributed by atoms with Gasteiger partial charge in [-0.25, -0.2) is 0 Å². The number of pyridine rings is 1. The fraction of sp³-hybridized carbons (Fsp3) is 0.231. The van der Waals surface area contributed by atoms with Gasteiger partial charge in [0, 0.05) is 31.6 Å². The van der Waals surface area contributed by atoms with Gasteiger partial charge >= 0.3 is 0 Å². The number of aromatic nitrogens is 1. The summed E-state index contributed by atoms with van der Waals surface area (Å²) in [6.07, 6.45) is 4.37. The molecule has 3 heterocycles. The molecule has 0 atom stereocenters. The first-order chi connectivity index (χ1) is 15.6. The number of aliphatic hydroxyl groups is 1. The quantitative estimate of drug-likeness (QED) is 0.486. The van der Waals surface area contributed by atoms with Gasteiger partial charge in [0.05, 0.1) is 35.5 Å².